The van der Waals surface area contributed by atoms with Crippen LogP contribution in [0, 0.1) is 0 Å². The van der Waals surface area contributed by atoms with Gasteiger partial charge >= 0.3 is 0 Å². The Morgan fingerprint density at radius 1 is 1.18 bits per heavy atom. The minimum Gasteiger partial charge on any atom is -0.385 e. The van der Waals surface area contributed by atoms with Crippen molar-refractivity contribution < 1.29 is 5.11 Å². The lowest BCUT2D eigenvalue weighted by Crippen LogP contribution is -2.22. The number of aryl methyl sites for hydroxylation is 1. The van der Waals surface area contributed by atoms with Crippen LogP contribution in [0.5, 0.6) is 0 Å². The fraction of sp³-hybridized carbons (Fsp3) is 0.833. The molecule has 3 heterocycles. The van der Waals surface area contributed by atoms with Crippen LogP contribution in [-0.4, -0.2) is 44.4 Å². The van der Waals surface area contributed by atoms with Crippen LogP contribution in [-0.2, 0) is 13.0 Å². The van der Waals surface area contributed by atoms with E-state index in [4.69, 9.17) is 0 Å². The van der Waals surface area contributed by atoms with E-state index in [9.17, 15) is 5.11 Å². The highest BCUT2D eigenvalue weighted by atomic mass is 16.3. The second kappa shape index (κ2) is 4.74. The molecule has 0 amide bonds. The van der Waals surface area contributed by atoms with E-state index >= 15 is 0 Å². The predicted molar refractivity (Wildman–Crippen MR) is 63.6 cm³/mol. The number of likely N-dealkylation sites (tertiary alicyclic amines) is 1. The molecule has 0 saturated carbocycles. The Labute approximate surface area is 101 Å². The molecule has 1 fully saturated rings. The maximum absolute atomic E-state index is 9.82. The Bertz CT molecular complexity index is 384. The molecule has 0 aliphatic carbocycles. The molecule has 1 N–H and O–H groups in total. The molecule has 17 heavy (non-hydrogen) atoms. The summed E-state index contributed by atoms with van der Waals surface area (Å²) in [5.74, 6) is 1.67. The molecule has 1 saturated heterocycles. The molecule has 0 bridgehead atoms. The first-order chi connectivity index (χ1) is 8.33. The number of hydrogen-bond donors (Lipinski definition) is 1. The van der Waals surface area contributed by atoms with Crippen molar-refractivity contribution in [3.05, 3.63) is 11.6 Å². The number of aliphatic hydroxyl groups is 1. The third-order valence-corrected chi connectivity index (χ3v) is 3.74. The van der Waals surface area contributed by atoms with E-state index in [-0.39, 0.29) is 0 Å². The zero-order valence-corrected chi connectivity index (χ0v) is 10.2. The van der Waals surface area contributed by atoms with Crippen LogP contribution in [0.15, 0.2) is 0 Å². The van der Waals surface area contributed by atoms with Gasteiger partial charge in [0.1, 0.15) is 6.10 Å². The first-order valence-corrected chi connectivity index (χ1v) is 6.67. The summed E-state index contributed by atoms with van der Waals surface area (Å²) in [4.78, 5) is 6.94. The van der Waals surface area contributed by atoms with Gasteiger partial charge in [-0.15, -0.1) is 0 Å². The standard InChI is InChI=1S/C12H20N4O/c17-10-4-3-8-16-12(10)13-11(14-16)5-9-15-6-1-2-7-15/h10,17H,1-9H2. The highest BCUT2D eigenvalue weighted by Gasteiger charge is 2.22. The van der Waals surface area contributed by atoms with Gasteiger partial charge in [0.05, 0.1) is 0 Å². The summed E-state index contributed by atoms with van der Waals surface area (Å²) in [7, 11) is 0. The van der Waals surface area contributed by atoms with E-state index in [1.165, 1.54) is 25.9 Å². The molecule has 5 heteroatoms. The monoisotopic (exact) mass is 236 g/mol. The van der Waals surface area contributed by atoms with Crippen molar-refractivity contribution in [1.82, 2.24) is 19.7 Å². The van der Waals surface area contributed by atoms with Crippen LogP contribution in [0.25, 0.3) is 0 Å². The summed E-state index contributed by atoms with van der Waals surface area (Å²) in [5.41, 5.74) is 0. The highest BCUT2D eigenvalue weighted by molar-refractivity contribution is 4.99. The molecule has 5 nitrogen and oxygen atoms in total. The molecule has 0 radical (unpaired) electrons. The van der Waals surface area contributed by atoms with Crippen molar-refractivity contribution in [2.45, 2.75) is 44.8 Å². The molecular weight excluding hydrogens is 216 g/mol. The number of aromatic nitrogens is 3. The molecule has 1 aromatic heterocycles. The van der Waals surface area contributed by atoms with Gasteiger partial charge in [-0.3, -0.25) is 0 Å². The minimum absolute atomic E-state index is 0.406. The number of hydrogen-bond acceptors (Lipinski definition) is 4. The van der Waals surface area contributed by atoms with Gasteiger partial charge in [0.25, 0.3) is 0 Å². The van der Waals surface area contributed by atoms with Crippen LogP contribution in [0.3, 0.4) is 0 Å². The maximum atomic E-state index is 9.82. The largest absolute Gasteiger partial charge is 0.385 e. The Kier molecular flexibility index (Phi) is 3.11. The number of rotatable bonds is 3. The van der Waals surface area contributed by atoms with Crippen LogP contribution >= 0.6 is 0 Å². The van der Waals surface area contributed by atoms with Gasteiger partial charge in [-0.2, -0.15) is 5.10 Å². The molecule has 0 spiro atoms. The topological polar surface area (TPSA) is 54.2 Å². The predicted octanol–water partition coefficient (Wildman–Crippen LogP) is 0.744. The van der Waals surface area contributed by atoms with Gasteiger partial charge in [0.2, 0.25) is 0 Å². The lowest BCUT2D eigenvalue weighted by atomic mass is 10.1. The van der Waals surface area contributed by atoms with Crippen molar-refractivity contribution in [1.29, 1.82) is 0 Å². The van der Waals surface area contributed by atoms with E-state index < -0.39 is 6.10 Å². The second-order valence-electron chi connectivity index (χ2n) is 5.07. The molecule has 2 aliphatic rings. The van der Waals surface area contributed by atoms with Crippen molar-refractivity contribution in [3.63, 3.8) is 0 Å². The lowest BCUT2D eigenvalue weighted by molar-refractivity contribution is 0.130. The molecule has 1 aromatic rings. The SMILES string of the molecule is OC1CCCn2nc(CCN3CCCC3)nc21. The number of fused-ring (bicyclic) bond motifs is 1. The van der Waals surface area contributed by atoms with E-state index in [1.54, 1.807) is 0 Å². The summed E-state index contributed by atoms with van der Waals surface area (Å²) in [6.45, 7) is 4.40. The van der Waals surface area contributed by atoms with Gasteiger partial charge in [-0.05, 0) is 38.8 Å². The average molecular weight is 236 g/mol. The molecule has 0 aromatic carbocycles. The Morgan fingerprint density at radius 3 is 2.76 bits per heavy atom. The first-order valence-electron chi connectivity index (χ1n) is 6.67. The Balaban J connectivity index is 1.63. The quantitative estimate of drug-likeness (QED) is 0.841. The zero-order valence-electron chi connectivity index (χ0n) is 10.2. The van der Waals surface area contributed by atoms with E-state index in [0.717, 1.165) is 44.0 Å². The first kappa shape index (κ1) is 11.2. The van der Waals surface area contributed by atoms with Crippen LogP contribution < -0.4 is 0 Å². The highest BCUT2D eigenvalue weighted by Crippen LogP contribution is 2.22. The van der Waals surface area contributed by atoms with Crippen LogP contribution in [0.2, 0.25) is 0 Å². The van der Waals surface area contributed by atoms with E-state index in [1.807, 2.05) is 4.68 Å². The second-order valence-corrected chi connectivity index (χ2v) is 5.07. The summed E-state index contributed by atoms with van der Waals surface area (Å²) in [6, 6.07) is 0. The summed E-state index contributed by atoms with van der Waals surface area (Å²) >= 11 is 0. The third-order valence-electron chi connectivity index (χ3n) is 3.74. The van der Waals surface area contributed by atoms with Crippen molar-refractivity contribution in [3.8, 4) is 0 Å². The summed E-state index contributed by atoms with van der Waals surface area (Å²) in [6.07, 6.45) is 4.98. The van der Waals surface area contributed by atoms with Crippen molar-refractivity contribution in [2.75, 3.05) is 19.6 Å². The van der Waals surface area contributed by atoms with Gasteiger partial charge in [-0.1, -0.05) is 0 Å². The molecule has 3 rings (SSSR count). The Hall–Kier alpha value is -0.940. The Morgan fingerprint density at radius 2 is 2.00 bits per heavy atom. The summed E-state index contributed by atoms with van der Waals surface area (Å²) in [5, 5.41) is 14.3. The van der Waals surface area contributed by atoms with Crippen LogP contribution in [0.1, 0.15) is 43.4 Å². The maximum Gasteiger partial charge on any atom is 0.156 e. The third kappa shape index (κ3) is 2.35. The average Bonchev–Trinajstić information content (AvgIpc) is 2.95. The molecule has 1 atom stereocenters. The summed E-state index contributed by atoms with van der Waals surface area (Å²) < 4.78 is 1.88. The van der Waals surface area contributed by atoms with Gasteiger partial charge in [0, 0.05) is 19.5 Å². The van der Waals surface area contributed by atoms with Crippen molar-refractivity contribution in [2.24, 2.45) is 0 Å². The van der Waals surface area contributed by atoms with Gasteiger partial charge in [0.15, 0.2) is 11.6 Å². The molecule has 1 unspecified atom stereocenters. The van der Waals surface area contributed by atoms with Gasteiger partial charge in [-0.25, -0.2) is 9.67 Å². The fourth-order valence-electron chi connectivity index (χ4n) is 2.75. The normalized spacial score (nSPS) is 25.1. The van der Waals surface area contributed by atoms with E-state index in [0.29, 0.717) is 0 Å². The molecule has 2 aliphatic heterocycles. The lowest BCUT2D eigenvalue weighted by Gasteiger charge is -2.16. The molecule has 94 valence electrons. The van der Waals surface area contributed by atoms with Crippen LogP contribution in [0.4, 0.5) is 0 Å². The molecular formula is C12H20N4O. The fourth-order valence-corrected chi connectivity index (χ4v) is 2.75. The minimum atomic E-state index is -0.406. The number of aliphatic hydroxyl groups excluding tert-OH is 1. The van der Waals surface area contributed by atoms with Crippen molar-refractivity contribution >= 4 is 0 Å². The van der Waals surface area contributed by atoms with E-state index in [2.05, 4.69) is 15.0 Å². The zero-order chi connectivity index (χ0) is 11.7. The van der Waals surface area contributed by atoms with Gasteiger partial charge < -0.3 is 10.0 Å². The number of nitrogens with zero attached hydrogens (tertiary/aromatic N) is 4. The smallest absolute Gasteiger partial charge is 0.156 e.